The number of hydrogen-bond acceptors (Lipinski definition) is 1. The number of pyridine rings is 1. The SMILES string of the molecule is C=C(C)C=NC(=C)C1c2ccccc2-c2cccc[n+]2C1CCC(C)CC. The molecule has 2 heteroatoms. The van der Waals surface area contributed by atoms with E-state index in [-0.39, 0.29) is 5.92 Å². The molecule has 3 unspecified atom stereocenters. The molecule has 0 amide bonds. The zero-order chi connectivity index (χ0) is 19.4. The average molecular weight is 360 g/mol. The lowest BCUT2D eigenvalue weighted by Gasteiger charge is -2.31. The number of allylic oxidation sites excluding steroid dienone is 2. The Kier molecular flexibility index (Phi) is 6.05. The molecule has 0 radical (unpaired) electrons. The van der Waals surface area contributed by atoms with E-state index in [9.17, 15) is 0 Å². The maximum Gasteiger partial charge on any atom is 0.213 e. The number of hydrogen-bond donors (Lipinski definition) is 0. The van der Waals surface area contributed by atoms with E-state index in [0.717, 1.165) is 23.6 Å². The van der Waals surface area contributed by atoms with Crippen LogP contribution in [-0.2, 0) is 0 Å². The van der Waals surface area contributed by atoms with Crippen molar-refractivity contribution in [3.05, 3.63) is 78.7 Å². The first-order valence-corrected chi connectivity index (χ1v) is 10.0. The highest BCUT2D eigenvalue weighted by Crippen LogP contribution is 2.44. The average Bonchev–Trinajstić information content (AvgIpc) is 2.69. The van der Waals surface area contributed by atoms with Crippen LogP contribution in [0.4, 0.5) is 0 Å². The number of benzene rings is 1. The van der Waals surface area contributed by atoms with Gasteiger partial charge < -0.3 is 0 Å². The summed E-state index contributed by atoms with van der Waals surface area (Å²) >= 11 is 0. The lowest BCUT2D eigenvalue weighted by atomic mass is 9.79. The van der Waals surface area contributed by atoms with Gasteiger partial charge in [0.2, 0.25) is 5.69 Å². The van der Waals surface area contributed by atoms with Crippen molar-refractivity contribution in [2.24, 2.45) is 10.9 Å². The molecular formula is C25H31N2+. The molecule has 1 aromatic carbocycles. The molecule has 3 atom stereocenters. The predicted octanol–water partition coefficient (Wildman–Crippen LogP) is 6.27. The Morgan fingerprint density at radius 3 is 2.67 bits per heavy atom. The van der Waals surface area contributed by atoms with Crippen LogP contribution in [0, 0.1) is 5.92 Å². The molecule has 140 valence electrons. The van der Waals surface area contributed by atoms with E-state index in [1.54, 1.807) is 0 Å². The topological polar surface area (TPSA) is 16.2 Å². The summed E-state index contributed by atoms with van der Waals surface area (Å²) in [5, 5.41) is 0. The first kappa shape index (κ1) is 19.3. The highest BCUT2D eigenvalue weighted by atomic mass is 15.0. The Hall–Kier alpha value is -2.48. The van der Waals surface area contributed by atoms with Gasteiger partial charge in [-0.2, -0.15) is 4.57 Å². The van der Waals surface area contributed by atoms with Gasteiger partial charge in [0.1, 0.15) is 0 Å². The van der Waals surface area contributed by atoms with Crippen molar-refractivity contribution in [1.29, 1.82) is 0 Å². The molecule has 0 spiro atoms. The standard InChI is InChI=1S/C25H31N2/c1-6-19(4)14-15-24-25(20(5)26-17-18(2)3)22-12-8-7-11-21(22)23-13-9-10-16-27(23)24/h7-13,16-17,19,24-25H,2,5-6,14-15H2,1,3-4H3/q+1. The van der Waals surface area contributed by atoms with E-state index < -0.39 is 0 Å². The van der Waals surface area contributed by atoms with Crippen molar-refractivity contribution in [1.82, 2.24) is 0 Å². The van der Waals surface area contributed by atoms with Gasteiger partial charge in [-0.25, -0.2) is 0 Å². The minimum atomic E-state index is 0.181. The van der Waals surface area contributed by atoms with Crippen LogP contribution in [-0.4, -0.2) is 6.21 Å². The molecule has 2 nitrogen and oxygen atoms in total. The molecule has 1 aliphatic rings. The summed E-state index contributed by atoms with van der Waals surface area (Å²) in [6, 6.07) is 15.5. The number of aromatic nitrogens is 1. The predicted molar refractivity (Wildman–Crippen MR) is 115 cm³/mol. The lowest BCUT2D eigenvalue weighted by molar-refractivity contribution is -0.717. The zero-order valence-corrected chi connectivity index (χ0v) is 16.9. The first-order chi connectivity index (χ1) is 13.0. The molecule has 0 saturated heterocycles. The summed E-state index contributed by atoms with van der Waals surface area (Å²) in [5.41, 5.74) is 5.78. The summed E-state index contributed by atoms with van der Waals surface area (Å²) in [6.45, 7) is 14.9. The van der Waals surface area contributed by atoms with Gasteiger partial charge in [0.15, 0.2) is 12.2 Å². The number of nitrogens with zero attached hydrogens (tertiary/aromatic N) is 2. The smallest absolute Gasteiger partial charge is 0.213 e. The van der Waals surface area contributed by atoms with Gasteiger partial charge in [0, 0.05) is 30.5 Å². The van der Waals surface area contributed by atoms with Crippen molar-refractivity contribution in [2.75, 3.05) is 0 Å². The molecule has 0 aliphatic carbocycles. The van der Waals surface area contributed by atoms with Gasteiger partial charge in [-0.1, -0.05) is 51.6 Å². The van der Waals surface area contributed by atoms with Crippen molar-refractivity contribution >= 4 is 6.21 Å². The molecule has 0 N–H and O–H groups in total. The fourth-order valence-electron chi connectivity index (χ4n) is 3.98. The summed E-state index contributed by atoms with van der Waals surface area (Å²) < 4.78 is 2.44. The van der Waals surface area contributed by atoms with Crippen molar-refractivity contribution in [3.8, 4) is 11.3 Å². The monoisotopic (exact) mass is 359 g/mol. The summed E-state index contributed by atoms with van der Waals surface area (Å²) in [5.74, 6) is 0.906. The van der Waals surface area contributed by atoms with Crippen molar-refractivity contribution in [3.63, 3.8) is 0 Å². The van der Waals surface area contributed by atoms with Gasteiger partial charge in [-0.15, -0.1) is 0 Å². The van der Waals surface area contributed by atoms with E-state index in [1.165, 1.54) is 29.7 Å². The Bertz CT molecular complexity index is 862. The molecule has 0 saturated carbocycles. The minimum absolute atomic E-state index is 0.181. The van der Waals surface area contributed by atoms with Gasteiger partial charge >= 0.3 is 0 Å². The summed E-state index contributed by atoms with van der Waals surface area (Å²) in [4.78, 5) is 4.68. The third-order valence-electron chi connectivity index (χ3n) is 5.67. The van der Waals surface area contributed by atoms with Crippen LogP contribution in [0.25, 0.3) is 11.3 Å². The maximum absolute atomic E-state index is 4.68. The van der Waals surface area contributed by atoms with Crippen LogP contribution >= 0.6 is 0 Å². The number of rotatable bonds is 7. The van der Waals surface area contributed by atoms with Crippen LogP contribution in [0.3, 0.4) is 0 Å². The molecule has 27 heavy (non-hydrogen) atoms. The van der Waals surface area contributed by atoms with Crippen molar-refractivity contribution in [2.45, 2.75) is 52.0 Å². The summed E-state index contributed by atoms with van der Waals surface area (Å²) in [7, 11) is 0. The lowest BCUT2D eigenvalue weighted by Crippen LogP contribution is -2.47. The van der Waals surface area contributed by atoms with E-state index >= 15 is 0 Å². The fourth-order valence-corrected chi connectivity index (χ4v) is 3.98. The molecular weight excluding hydrogens is 328 g/mol. The van der Waals surface area contributed by atoms with E-state index in [1.807, 2.05) is 13.1 Å². The number of aliphatic imine (C=N–C) groups is 1. The summed E-state index contributed by atoms with van der Waals surface area (Å²) in [6.07, 6.45) is 7.60. The van der Waals surface area contributed by atoms with Crippen LogP contribution in [0.2, 0.25) is 0 Å². The number of fused-ring (bicyclic) bond motifs is 3. The van der Waals surface area contributed by atoms with Crippen molar-refractivity contribution < 1.29 is 4.57 Å². The molecule has 2 aromatic rings. The van der Waals surface area contributed by atoms with Gasteiger partial charge in [-0.05, 0) is 42.5 Å². The molecule has 0 fully saturated rings. The highest BCUT2D eigenvalue weighted by Gasteiger charge is 2.40. The van der Waals surface area contributed by atoms with Gasteiger partial charge in [-0.3, -0.25) is 4.99 Å². The highest BCUT2D eigenvalue weighted by molar-refractivity contribution is 5.78. The quantitative estimate of drug-likeness (QED) is 0.409. The largest absolute Gasteiger partial charge is 0.261 e. The van der Waals surface area contributed by atoms with E-state index in [4.69, 9.17) is 0 Å². The van der Waals surface area contributed by atoms with Crippen LogP contribution < -0.4 is 4.57 Å². The van der Waals surface area contributed by atoms with Gasteiger partial charge in [0.05, 0.1) is 11.5 Å². The molecule has 3 rings (SSSR count). The fraction of sp³-hybridized carbons (Fsp3) is 0.360. The maximum atomic E-state index is 4.68. The third-order valence-corrected chi connectivity index (χ3v) is 5.67. The van der Waals surface area contributed by atoms with Crippen LogP contribution in [0.15, 0.2) is 78.1 Å². The van der Waals surface area contributed by atoms with E-state index in [2.05, 4.69) is 85.2 Å². The van der Waals surface area contributed by atoms with Crippen LogP contribution in [0.1, 0.15) is 57.6 Å². The Labute approximate surface area is 164 Å². The second kappa shape index (κ2) is 8.47. The Balaban J connectivity index is 2.09. The van der Waals surface area contributed by atoms with Crippen LogP contribution in [0.5, 0.6) is 0 Å². The molecule has 1 aromatic heterocycles. The minimum Gasteiger partial charge on any atom is -0.261 e. The normalized spacial score (nSPS) is 19.4. The third kappa shape index (κ3) is 4.10. The molecule has 1 aliphatic heterocycles. The van der Waals surface area contributed by atoms with E-state index in [0.29, 0.717) is 6.04 Å². The second-order valence-electron chi connectivity index (χ2n) is 7.81. The Morgan fingerprint density at radius 1 is 1.19 bits per heavy atom. The molecule has 2 heterocycles. The first-order valence-electron chi connectivity index (χ1n) is 10.0. The zero-order valence-electron chi connectivity index (χ0n) is 16.9. The molecule has 0 bridgehead atoms. The second-order valence-corrected chi connectivity index (χ2v) is 7.81. The van der Waals surface area contributed by atoms with Gasteiger partial charge in [0.25, 0.3) is 0 Å². The Morgan fingerprint density at radius 2 is 1.93 bits per heavy atom.